The second-order valence-electron chi connectivity index (χ2n) is 2.21. The average molecular weight is 190 g/mol. The van der Waals surface area contributed by atoms with Crippen molar-refractivity contribution in [2.75, 3.05) is 0 Å². The minimum atomic E-state index is -0.212. The van der Waals surface area contributed by atoms with Crippen LogP contribution in [0.25, 0.3) is 0 Å². The molecule has 0 aliphatic heterocycles. The largest absolute Gasteiger partial charge is 0.471 e. The molecule has 1 rings (SSSR count). The maximum Gasteiger partial charge on any atom is 0.307 e. The smallest absolute Gasteiger partial charge is 0.307 e. The van der Waals surface area contributed by atoms with E-state index in [2.05, 4.69) is 4.12 Å². The highest BCUT2D eigenvalue weighted by Gasteiger charge is 2.07. The zero-order valence-electron chi connectivity index (χ0n) is 7.22. The van der Waals surface area contributed by atoms with Gasteiger partial charge in [-0.25, -0.2) is 0 Å². The van der Waals surface area contributed by atoms with E-state index >= 15 is 0 Å². The van der Waals surface area contributed by atoms with Crippen molar-refractivity contribution in [3.63, 3.8) is 0 Å². The molecule has 0 aromatic heterocycles. The summed E-state index contributed by atoms with van der Waals surface area (Å²) in [6.07, 6.45) is 3.91. The summed E-state index contributed by atoms with van der Waals surface area (Å²) in [5.41, 5.74) is 0. The van der Waals surface area contributed by atoms with Gasteiger partial charge >= 0.3 is 5.97 Å². The molecule has 64 valence electrons. The molecule has 0 radical (unpaired) electrons. The van der Waals surface area contributed by atoms with E-state index in [0.29, 0.717) is 0 Å². The van der Waals surface area contributed by atoms with Gasteiger partial charge in [-0.2, -0.15) is 0 Å². The van der Waals surface area contributed by atoms with Crippen molar-refractivity contribution < 1.29 is 13.6 Å². The van der Waals surface area contributed by atoms with Gasteiger partial charge in [0.25, 0.3) is 0 Å². The molecule has 1 aliphatic carbocycles. The predicted octanol–water partition coefficient (Wildman–Crippen LogP) is -1.21. The molecule has 0 atom stereocenters. The Bertz CT molecular complexity index is 156. The molecule has 0 N–H and O–H groups in total. The van der Waals surface area contributed by atoms with Gasteiger partial charge in [-0.05, 0) is 12.5 Å². The number of hydrogen-bond acceptors (Lipinski definition) is 3. The molecule has 0 saturated carbocycles. The van der Waals surface area contributed by atoms with Crippen molar-refractivity contribution in [1.29, 1.82) is 0 Å². The van der Waals surface area contributed by atoms with Crippen LogP contribution in [0.4, 0.5) is 0 Å². The Kier molecular flexibility index (Phi) is 6.09. The quantitative estimate of drug-likeness (QED) is 0.384. The van der Waals surface area contributed by atoms with Crippen LogP contribution >= 0.6 is 0 Å². The Balaban J connectivity index is 0.000000292. The lowest BCUT2D eigenvalue weighted by Gasteiger charge is -2.11. The molecule has 0 spiro atoms. The lowest BCUT2D eigenvalue weighted by Crippen LogP contribution is -2.03. The first-order chi connectivity index (χ1) is 5.20. The van der Waals surface area contributed by atoms with Crippen LogP contribution in [0.5, 0.6) is 0 Å². The summed E-state index contributed by atoms with van der Waals surface area (Å²) in [4.78, 5) is 10.2. The number of hydrogen-bond donors (Lipinski definition) is 0. The third-order valence-electron chi connectivity index (χ3n) is 1.04. The third kappa shape index (κ3) is 6.02. The van der Waals surface area contributed by atoms with Gasteiger partial charge in [0.15, 0.2) is 0 Å². The Labute approximate surface area is 72.9 Å². The van der Waals surface area contributed by atoms with E-state index in [4.69, 9.17) is 4.74 Å². The average Bonchev–Trinajstić information content (AvgIpc) is 1.81. The van der Waals surface area contributed by atoms with Crippen LogP contribution < -0.4 is 0 Å². The molecule has 1 aliphatic rings. The van der Waals surface area contributed by atoms with Gasteiger partial charge in [-0.3, -0.25) is 4.79 Å². The molecule has 0 amide bonds. The zero-order chi connectivity index (χ0) is 8.69. The van der Waals surface area contributed by atoms with Gasteiger partial charge in [0.05, 0.1) is 0 Å². The number of ether oxygens (including phenoxy) is 1. The highest BCUT2D eigenvalue weighted by atomic mass is 28.3. The first kappa shape index (κ1) is 10.6. The fourth-order valence-corrected chi connectivity index (χ4v) is 0.539. The first-order valence-electron chi connectivity index (χ1n) is 3.48. The van der Waals surface area contributed by atoms with Gasteiger partial charge in [0.1, 0.15) is 26.7 Å². The van der Waals surface area contributed by atoms with Crippen molar-refractivity contribution in [2.45, 2.75) is 19.8 Å². The molecule has 0 bridgehead atoms. The molecule has 0 aromatic rings. The summed E-state index contributed by atoms with van der Waals surface area (Å²) in [6.45, 7) is 1.42. The van der Waals surface area contributed by atoms with Crippen molar-refractivity contribution >= 4 is 26.9 Å². The highest BCUT2D eigenvalue weighted by molar-refractivity contribution is 6.15. The van der Waals surface area contributed by atoms with Crippen LogP contribution in [0.2, 0.25) is 0 Å². The molecular weight excluding hydrogens is 176 g/mol. The Hall–Kier alpha value is -0.396. The molecule has 0 unspecified atom stereocenters. The molecule has 3 nitrogen and oxygen atoms in total. The monoisotopic (exact) mass is 190 g/mol. The van der Waals surface area contributed by atoms with Crippen molar-refractivity contribution in [1.82, 2.24) is 0 Å². The fraction of sp³-hybridized carbons (Fsp3) is 0.500. The number of carbonyl (C=O) groups excluding carboxylic acids is 1. The first-order valence-corrected chi connectivity index (χ1v) is 5.11. The summed E-state index contributed by atoms with van der Waals surface area (Å²) >= 11 is 0. The van der Waals surface area contributed by atoms with E-state index in [1.54, 1.807) is 0 Å². The summed E-state index contributed by atoms with van der Waals surface area (Å²) in [7, 11) is 1.86. The van der Waals surface area contributed by atoms with E-state index in [1.807, 2.05) is 6.08 Å². The summed E-state index contributed by atoms with van der Waals surface area (Å²) in [5, 5.41) is 0. The fourth-order valence-electron chi connectivity index (χ4n) is 0.539. The van der Waals surface area contributed by atoms with Crippen LogP contribution in [0.1, 0.15) is 19.8 Å². The minimum absolute atomic E-state index is 0.212. The van der Waals surface area contributed by atoms with Crippen LogP contribution in [-0.2, 0) is 13.6 Å². The Morgan fingerprint density at radius 1 is 1.64 bits per heavy atom. The molecule has 11 heavy (non-hydrogen) atoms. The predicted molar refractivity (Wildman–Crippen MR) is 50.0 cm³/mol. The summed E-state index contributed by atoms with van der Waals surface area (Å²) in [6, 6.07) is 0. The molecule has 0 heterocycles. The van der Waals surface area contributed by atoms with Crippen LogP contribution in [-0.4, -0.2) is 26.9 Å². The van der Waals surface area contributed by atoms with Crippen molar-refractivity contribution in [3.05, 3.63) is 11.8 Å². The minimum Gasteiger partial charge on any atom is -0.471 e. The van der Waals surface area contributed by atoms with Crippen LogP contribution in [0.3, 0.4) is 0 Å². The van der Waals surface area contributed by atoms with E-state index in [1.165, 1.54) is 6.92 Å². The van der Waals surface area contributed by atoms with Gasteiger partial charge in [0, 0.05) is 13.3 Å². The van der Waals surface area contributed by atoms with E-state index < -0.39 is 0 Å². The molecule has 0 aromatic carbocycles. The summed E-state index contributed by atoms with van der Waals surface area (Å²) < 4.78 is 9.24. The number of esters is 1. The molecule has 5 heteroatoms. The van der Waals surface area contributed by atoms with Gasteiger partial charge in [-0.1, -0.05) is 0 Å². The lowest BCUT2D eigenvalue weighted by atomic mass is 10.1. The standard InChI is InChI=1S/C6H8O2.H6OSi2/c1-5(7)8-6-3-2-4-6;2-1-3/h3H,2,4H2,1H3;2-3H3. The topological polar surface area (TPSA) is 35.5 Å². The van der Waals surface area contributed by atoms with E-state index in [9.17, 15) is 4.79 Å². The van der Waals surface area contributed by atoms with Crippen LogP contribution in [0, 0.1) is 0 Å². The van der Waals surface area contributed by atoms with E-state index in [-0.39, 0.29) is 5.97 Å². The second kappa shape index (κ2) is 6.32. The maximum absolute atomic E-state index is 10.2. The van der Waals surface area contributed by atoms with E-state index in [0.717, 1.165) is 39.6 Å². The number of allylic oxidation sites excluding steroid dienone is 2. The second-order valence-corrected chi connectivity index (χ2v) is 5.48. The van der Waals surface area contributed by atoms with Gasteiger partial charge < -0.3 is 8.85 Å². The van der Waals surface area contributed by atoms with Crippen molar-refractivity contribution in [2.24, 2.45) is 0 Å². The molecule has 0 fully saturated rings. The van der Waals surface area contributed by atoms with Crippen LogP contribution in [0.15, 0.2) is 11.8 Å². The molecular formula is C6H14O3Si2. The summed E-state index contributed by atoms with van der Waals surface area (Å²) in [5.74, 6) is 0.619. The van der Waals surface area contributed by atoms with Gasteiger partial charge in [0.2, 0.25) is 0 Å². The highest BCUT2D eigenvalue weighted by Crippen LogP contribution is 2.18. The normalized spacial score (nSPS) is 14.1. The van der Waals surface area contributed by atoms with Crippen molar-refractivity contribution in [3.8, 4) is 0 Å². The maximum atomic E-state index is 10.2. The van der Waals surface area contributed by atoms with Gasteiger partial charge in [-0.15, -0.1) is 0 Å². The molecule has 0 saturated heterocycles. The number of rotatable bonds is 1. The lowest BCUT2D eigenvalue weighted by molar-refractivity contribution is -0.137. The Morgan fingerprint density at radius 2 is 2.09 bits per heavy atom. The SMILES string of the molecule is CC(=O)OC1=CCC1.[SiH3]O[SiH3]. The number of carbonyl (C=O) groups is 1. The Morgan fingerprint density at radius 3 is 2.18 bits per heavy atom. The third-order valence-corrected chi connectivity index (χ3v) is 1.04. The zero-order valence-corrected chi connectivity index (χ0v) is 11.2.